The summed E-state index contributed by atoms with van der Waals surface area (Å²) in [6.45, 7) is 0. The van der Waals surface area contributed by atoms with Gasteiger partial charge in [0.1, 0.15) is 11.5 Å². The molecule has 1 saturated heterocycles. The number of benzene rings is 2. The van der Waals surface area contributed by atoms with E-state index in [0.717, 1.165) is 11.8 Å². The van der Waals surface area contributed by atoms with Gasteiger partial charge in [-0.15, -0.1) is 0 Å². The highest BCUT2D eigenvalue weighted by Crippen LogP contribution is 2.34. The molecular formula is C21H12Cl2N2O4S. The Morgan fingerprint density at radius 1 is 1.10 bits per heavy atom. The van der Waals surface area contributed by atoms with Crippen LogP contribution in [0.3, 0.4) is 0 Å². The largest absolute Gasteiger partial charge is 0.478 e. The number of furan rings is 1. The molecule has 1 aliphatic rings. The summed E-state index contributed by atoms with van der Waals surface area (Å²) < 4.78 is 5.76. The molecule has 1 aliphatic heterocycles. The number of halogens is 2. The zero-order valence-corrected chi connectivity index (χ0v) is 17.4. The van der Waals surface area contributed by atoms with Crippen LogP contribution in [0.1, 0.15) is 16.1 Å². The molecule has 1 aromatic heterocycles. The van der Waals surface area contributed by atoms with Crippen LogP contribution in [0.4, 0.5) is 5.69 Å². The zero-order chi connectivity index (χ0) is 21.3. The van der Waals surface area contributed by atoms with Crippen molar-refractivity contribution in [3.05, 3.63) is 80.9 Å². The minimum absolute atomic E-state index is 0.0943. The van der Waals surface area contributed by atoms with Crippen LogP contribution in [0, 0.1) is 0 Å². The highest BCUT2D eigenvalue weighted by atomic mass is 35.5. The number of rotatable bonds is 4. The molecule has 0 spiro atoms. The van der Waals surface area contributed by atoms with Crippen molar-refractivity contribution in [1.29, 1.82) is 0 Å². The van der Waals surface area contributed by atoms with E-state index in [1.54, 1.807) is 42.5 Å². The number of amidine groups is 1. The van der Waals surface area contributed by atoms with Crippen LogP contribution in [-0.4, -0.2) is 22.2 Å². The third-order valence-corrected chi connectivity index (χ3v) is 5.66. The van der Waals surface area contributed by atoms with Gasteiger partial charge in [0.2, 0.25) is 0 Å². The van der Waals surface area contributed by atoms with Gasteiger partial charge in [0.05, 0.1) is 26.2 Å². The number of hydrogen-bond acceptors (Lipinski definition) is 5. The fourth-order valence-corrected chi connectivity index (χ4v) is 3.89. The highest BCUT2D eigenvalue weighted by molar-refractivity contribution is 8.18. The first-order valence-corrected chi connectivity index (χ1v) is 10.1. The summed E-state index contributed by atoms with van der Waals surface area (Å²) in [7, 11) is 0. The number of nitrogens with zero attached hydrogens (tertiary/aromatic N) is 1. The Labute approximate surface area is 185 Å². The fraction of sp³-hybridized carbons (Fsp3) is 0. The molecule has 0 bridgehead atoms. The Bertz CT molecular complexity index is 1230. The second-order valence-electron chi connectivity index (χ2n) is 6.13. The molecule has 1 amide bonds. The van der Waals surface area contributed by atoms with Crippen LogP contribution in [0.5, 0.6) is 0 Å². The van der Waals surface area contributed by atoms with E-state index >= 15 is 0 Å². The minimum Gasteiger partial charge on any atom is -0.478 e. The summed E-state index contributed by atoms with van der Waals surface area (Å²) in [4.78, 5) is 28.2. The molecule has 2 heterocycles. The number of carbonyl (C=O) groups is 2. The molecule has 0 radical (unpaired) electrons. The van der Waals surface area contributed by atoms with Crippen LogP contribution in [-0.2, 0) is 4.79 Å². The lowest BCUT2D eigenvalue weighted by Crippen LogP contribution is -2.19. The number of carboxylic acids is 1. The summed E-state index contributed by atoms with van der Waals surface area (Å²) in [6, 6.07) is 14.7. The van der Waals surface area contributed by atoms with E-state index in [1.165, 1.54) is 18.2 Å². The first-order chi connectivity index (χ1) is 14.4. The van der Waals surface area contributed by atoms with Crippen LogP contribution in [0.25, 0.3) is 17.4 Å². The van der Waals surface area contributed by atoms with E-state index in [-0.39, 0.29) is 11.5 Å². The number of amides is 1. The van der Waals surface area contributed by atoms with Gasteiger partial charge in [0.25, 0.3) is 5.91 Å². The van der Waals surface area contributed by atoms with Gasteiger partial charge < -0.3 is 14.8 Å². The lowest BCUT2D eigenvalue weighted by atomic mass is 10.1. The predicted octanol–water partition coefficient (Wildman–Crippen LogP) is 5.84. The molecule has 2 aromatic carbocycles. The topological polar surface area (TPSA) is 91.9 Å². The van der Waals surface area contributed by atoms with Crippen molar-refractivity contribution in [2.45, 2.75) is 0 Å². The number of carbonyl (C=O) groups excluding carboxylic acids is 1. The second-order valence-corrected chi connectivity index (χ2v) is 7.98. The van der Waals surface area contributed by atoms with Gasteiger partial charge in [-0.3, -0.25) is 4.79 Å². The van der Waals surface area contributed by atoms with Crippen molar-refractivity contribution >= 4 is 63.8 Å². The Kier molecular flexibility index (Phi) is 5.67. The molecule has 150 valence electrons. The molecule has 1 fully saturated rings. The number of thioether (sulfide) groups is 1. The monoisotopic (exact) mass is 458 g/mol. The van der Waals surface area contributed by atoms with Gasteiger partial charge in [-0.1, -0.05) is 35.3 Å². The van der Waals surface area contributed by atoms with Gasteiger partial charge in [-0.25, -0.2) is 9.79 Å². The van der Waals surface area contributed by atoms with Crippen LogP contribution >= 0.6 is 35.0 Å². The fourth-order valence-electron chi connectivity index (χ4n) is 2.68. The maximum Gasteiger partial charge on any atom is 0.335 e. The Balaban J connectivity index is 1.59. The molecular weight excluding hydrogens is 447 g/mol. The summed E-state index contributed by atoms with van der Waals surface area (Å²) >= 11 is 13.4. The molecule has 2 N–H and O–H groups in total. The average Bonchev–Trinajstić information content (AvgIpc) is 3.31. The minimum atomic E-state index is -1.06. The van der Waals surface area contributed by atoms with Crippen molar-refractivity contribution in [3.63, 3.8) is 0 Å². The summed E-state index contributed by atoms with van der Waals surface area (Å²) in [6.07, 6.45) is 1.58. The lowest BCUT2D eigenvalue weighted by molar-refractivity contribution is -0.115. The molecule has 30 heavy (non-hydrogen) atoms. The van der Waals surface area contributed by atoms with E-state index in [2.05, 4.69) is 10.3 Å². The number of para-hydroxylation sites is 1. The quantitative estimate of drug-likeness (QED) is 0.478. The van der Waals surface area contributed by atoms with Crippen molar-refractivity contribution in [2.24, 2.45) is 4.99 Å². The summed E-state index contributed by atoms with van der Waals surface area (Å²) in [5, 5.41) is 13.1. The van der Waals surface area contributed by atoms with Gasteiger partial charge in [-0.05, 0) is 54.2 Å². The van der Waals surface area contributed by atoms with Gasteiger partial charge in [0, 0.05) is 11.6 Å². The third-order valence-electron chi connectivity index (χ3n) is 4.10. The summed E-state index contributed by atoms with van der Waals surface area (Å²) in [5.74, 6) is -0.567. The molecule has 0 unspecified atom stereocenters. The normalized spacial score (nSPS) is 16.3. The Morgan fingerprint density at radius 2 is 1.90 bits per heavy atom. The van der Waals surface area contributed by atoms with Crippen molar-refractivity contribution in [1.82, 2.24) is 5.32 Å². The molecule has 0 saturated carbocycles. The molecule has 0 aliphatic carbocycles. The highest BCUT2D eigenvalue weighted by Gasteiger charge is 2.24. The Hall–Kier alpha value is -3.00. The lowest BCUT2D eigenvalue weighted by Gasteiger charge is -2.02. The van der Waals surface area contributed by atoms with E-state index in [0.29, 0.717) is 42.9 Å². The molecule has 4 rings (SSSR count). The number of hydrogen-bond donors (Lipinski definition) is 2. The smallest absolute Gasteiger partial charge is 0.335 e. The van der Waals surface area contributed by atoms with E-state index < -0.39 is 5.97 Å². The van der Waals surface area contributed by atoms with Crippen molar-refractivity contribution in [3.8, 4) is 11.3 Å². The number of nitrogens with one attached hydrogen (secondary N) is 1. The SMILES string of the molecule is O=C1NC(=Nc2ccccc2Cl)S/C1=C/c1ccc(-c2cc(C(=O)O)ccc2Cl)o1. The standard InChI is InChI=1S/C21H12Cl2N2O4S/c22-14-7-5-11(20(27)28)9-13(14)17-8-6-12(29-17)10-18-19(26)25-21(30-18)24-16-4-2-1-3-15(16)23/h1-10H,(H,27,28)(H,24,25,26)/b18-10+. The zero-order valence-electron chi connectivity index (χ0n) is 15.1. The van der Waals surface area contributed by atoms with Gasteiger partial charge in [-0.2, -0.15) is 0 Å². The number of aliphatic imine (C=N–C) groups is 1. The van der Waals surface area contributed by atoms with Crippen molar-refractivity contribution in [2.75, 3.05) is 0 Å². The van der Waals surface area contributed by atoms with E-state index in [1.807, 2.05) is 0 Å². The second kappa shape index (κ2) is 8.39. The first-order valence-electron chi connectivity index (χ1n) is 8.58. The van der Waals surface area contributed by atoms with Crippen molar-refractivity contribution < 1.29 is 19.1 Å². The van der Waals surface area contributed by atoms with Gasteiger partial charge >= 0.3 is 5.97 Å². The summed E-state index contributed by atoms with van der Waals surface area (Å²) in [5.41, 5.74) is 1.10. The Morgan fingerprint density at radius 3 is 2.67 bits per heavy atom. The van der Waals surface area contributed by atoms with Crippen LogP contribution < -0.4 is 5.32 Å². The molecule has 9 heteroatoms. The molecule has 3 aromatic rings. The van der Waals surface area contributed by atoms with E-state index in [4.69, 9.17) is 32.7 Å². The molecule has 0 atom stereocenters. The van der Waals surface area contributed by atoms with Crippen LogP contribution in [0.15, 0.2) is 68.9 Å². The molecule has 6 nitrogen and oxygen atoms in total. The number of carboxylic acid groups (broad SMARTS) is 1. The van der Waals surface area contributed by atoms with Crippen LogP contribution in [0.2, 0.25) is 10.0 Å². The van der Waals surface area contributed by atoms with E-state index in [9.17, 15) is 9.59 Å². The maximum absolute atomic E-state index is 12.3. The third kappa shape index (κ3) is 4.28. The predicted molar refractivity (Wildman–Crippen MR) is 118 cm³/mol. The number of aromatic carboxylic acids is 1. The van der Waals surface area contributed by atoms with Gasteiger partial charge in [0.15, 0.2) is 5.17 Å². The first kappa shape index (κ1) is 20.3. The maximum atomic E-state index is 12.3. The average molecular weight is 459 g/mol.